The molecule has 2 rings (SSSR count). The number of likely N-dealkylation sites (tertiary alicyclic amines) is 1. The van der Waals surface area contributed by atoms with Gasteiger partial charge in [0.2, 0.25) is 5.91 Å². The second-order valence-electron chi connectivity index (χ2n) is 5.92. The first-order valence-corrected chi connectivity index (χ1v) is 8.49. The van der Waals surface area contributed by atoms with E-state index in [9.17, 15) is 4.79 Å². The van der Waals surface area contributed by atoms with Gasteiger partial charge in [0.1, 0.15) is 0 Å². The molecule has 0 spiro atoms. The van der Waals surface area contributed by atoms with Gasteiger partial charge in [0.25, 0.3) is 0 Å². The summed E-state index contributed by atoms with van der Waals surface area (Å²) in [6.45, 7) is 14.7. The molecule has 21 heavy (non-hydrogen) atoms. The number of hydrogen-bond donors (Lipinski definition) is 0. The van der Waals surface area contributed by atoms with E-state index in [1.165, 1.54) is 26.2 Å². The quantitative estimate of drug-likeness (QED) is 0.751. The van der Waals surface area contributed by atoms with Crippen molar-refractivity contribution in [3.63, 3.8) is 0 Å². The second kappa shape index (κ2) is 9.38. The summed E-state index contributed by atoms with van der Waals surface area (Å²) in [7, 11) is 4.35. The fourth-order valence-electron chi connectivity index (χ4n) is 2.91. The smallest absolute Gasteiger partial charge is 0.224 e. The number of hydrogen-bond acceptors (Lipinski definition) is 4. The van der Waals surface area contributed by atoms with Gasteiger partial charge in [-0.3, -0.25) is 14.6 Å². The minimum Gasteiger partial charge on any atom is -0.341 e. The number of nitrogens with zero attached hydrogens (tertiary/aromatic N) is 4. The SMILES string of the molecule is CC.CCN1CC(N(C)CCN2CCN(C)CC2)CC1=O. The topological polar surface area (TPSA) is 30.0 Å². The fourth-order valence-corrected chi connectivity index (χ4v) is 2.91. The van der Waals surface area contributed by atoms with Gasteiger partial charge in [0.15, 0.2) is 0 Å². The minimum absolute atomic E-state index is 0.318. The molecule has 1 amide bonds. The third-order valence-electron chi connectivity index (χ3n) is 4.56. The lowest BCUT2D eigenvalue weighted by Crippen LogP contribution is -2.47. The Balaban J connectivity index is 0.00000106. The summed E-state index contributed by atoms with van der Waals surface area (Å²) in [6.07, 6.45) is 0.701. The van der Waals surface area contributed by atoms with Crippen molar-refractivity contribution in [2.45, 2.75) is 33.2 Å². The number of carbonyl (C=O) groups excluding carboxylic acids is 1. The van der Waals surface area contributed by atoms with Crippen molar-refractivity contribution in [3.05, 3.63) is 0 Å². The van der Waals surface area contributed by atoms with Gasteiger partial charge in [0.05, 0.1) is 0 Å². The van der Waals surface area contributed by atoms with Crippen molar-refractivity contribution in [2.75, 3.05) is 66.5 Å². The largest absolute Gasteiger partial charge is 0.341 e. The molecule has 0 bridgehead atoms. The highest BCUT2D eigenvalue weighted by molar-refractivity contribution is 5.79. The van der Waals surface area contributed by atoms with Crippen LogP contribution in [0.1, 0.15) is 27.2 Å². The Morgan fingerprint density at radius 2 is 1.81 bits per heavy atom. The van der Waals surface area contributed by atoms with Crippen molar-refractivity contribution in [1.29, 1.82) is 0 Å². The molecule has 0 N–H and O–H groups in total. The molecule has 2 aliphatic heterocycles. The summed E-state index contributed by atoms with van der Waals surface area (Å²) < 4.78 is 0. The molecule has 0 radical (unpaired) electrons. The van der Waals surface area contributed by atoms with Crippen LogP contribution in [0.15, 0.2) is 0 Å². The molecule has 0 saturated carbocycles. The Labute approximate surface area is 130 Å². The summed E-state index contributed by atoms with van der Waals surface area (Å²) in [5, 5.41) is 0. The van der Waals surface area contributed by atoms with E-state index in [1.54, 1.807) is 0 Å². The molecule has 2 saturated heterocycles. The maximum absolute atomic E-state index is 11.7. The Bertz CT molecular complexity index is 303. The average molecular weight is 298 g/mol. The van der Waals surface area contributed by atoms with Crippen LogP contribution in [0.4, 0.5) is 0 Å². The third-order valence-corrected chi connectivity index (χ3v) is 4.56. The van der Waals surface area contributed by atoms with Gasteiger partial charge in [-0.1, -0.05) is 13.8 Å². The molecular weight excluding hydrogens is 264 g/mol. The number of rotatable bonds is 5. The molecule has 5 heteroatoms. The number of likely N-dealkylation sites (N-methyl/N-ethyl adjacent to an activating group) is 3. The lowest BCUT2D eigenvalue weighted by Gasteiger charge is -2.34. The first-order valence-electron chi connectivity index (χ1n) is 8.49. The molecule has 2 heterocycles. The Morgan fingerprint density at radius 1 is 1.19 bits per heavy atom. The lowest BCUT2D eigenvalue weighted by molar-refractivity contribution is -0.127. The molecule has 0 aromatic carbocycles. The maximum atomic E-state index is 11.7. The minimum atomic E-state index is 0.318. The highest BCUT2D eigenvalue weighted by atomic mass is 16.2. The number of amides is 1. The summed E-state index contributed by atoms with van der Waals surface area (Å²) in [5.74, 6) is 0.318. The van der Waals surface area contributed by atoms with Crippen molar-refractivity contribution < 1.29 is 4.79 Å². The predicted molar refractivity (Wildman–Crippen MR) is 88.6 cm³/mol. The maximum Gasteiger partial charge on any atom is 0.224 e. The Hall–Kier alpha value is -0.650. The second-order valence-corrected chi connectivity index (χ2v) is 5.92. The first-order chi connectivity index (χ1) is 10.1. The number of carbonyl (C=O) groups is 1. The van der Waals surface area contributed by atoms with E-state index in [0.717, 1.165) is 26.2 Å². The predicted octanol–water partition coefficient (Wildman–Crippen LogP) is 0.813. The molecule has 1 unspecified atom stereocenters. The molecule has 0 aliphatic carbocycles. The molecule has 124 valence electrons. The average Bonchev–Trinajstić information content (AvgIpc) is 2.89. The van der Waals surface area contributed by atoms with Gasteiger partial charge < -0.3 is 9.80 Å². The zero-order chi connectivity index (χ0) is 15.8. The fraction of sp³-hybridized carbons (Fsp3) is 0.938. The highest BCUT2D eigenvalue weighted by Gasteiger charge is 2.30. The Kier molecular flexibility index (Phi) is 8.22. The molecule has 5 nitrogen and oxygen atoms in total. The monoisotopic (exact) mass is 298 g/mol. The van der Waals surface area contributed by atoms with Crippen LogP contribution in [-0.4, -0.2) is 98.0 Å². The van der Waals surface area contributed by atoms with Crippen LogP contribution >= 0.6 is 0 Å². The van der Waals surface area contributed by atoms with E-state index in [-0.39, 0.29) is 0 Å². The summed E-state index contributed by atoms with van der Waals surface area (Å²) in [4.78, 5) is 21.0. The molecule has 2 aliphatic rings. The van der Waals surface area contributed by atoms with Gasteiger partial charge in [-0.2, -0.15) is 0 Å². The lowest BCUT2D eigenvalue weighted by atomic mass is 10.2. The molecular formula is C16H34N4O. The standard InChI is InChI=1S/C14H28N4O.C2H6/c1-4-18-12-13(11-14(18)19)16(3)7-10-17-8-5-15(2)6-9-17;1-2/h13H,4-12H2,1-3H3;1-2H3. The Morgan fingerprint density at radius 3 is 2.33 bits per heavy atom. The summed E-state index contributed by atoms with van der Waals surface area (Å²) >= 11 is 0. The molecule has 2 fully saturated rings. The third kappa shape index (κ3) is 5.57. The van der Waals surface area contributed by atoms with Crippen LogP contribution < -0.4 is 0 Å². The zero-order valence-corrected chi connectivity index (χ0v) is 14.6. The highest BCUT2D eigenvalue weighted by Crippen LogP contribution is 2.15. The van der Waals surface area contributed by atoms with E-state index < -0.39 is 0 Å². The van der Waals surface area contributed by atoms with Crippen LogP contribution in [0, 0.1) is 0 Å². The number of piperazine rings is 1. The van der Waals surface area contributed by atoms with Crippen molar-refractivity contribution in [3.8, 4) is 0 Å². The van der Waals surface area contributed by atoms with Gasteiger partial charge in [-0.15, -0.1) is 0 Å². The van der Waals surface area contributed by atoms with Crippen LogP contribution in [0.3, 0.4) is 0 Å². The summed E-state index contributed by atoms with van der Waals surface area (Å²) in [5.41, 5.74) is 0. The van der Waals surface area contributed by atoms with Crippen LogP contribution in [0.2, 0.25) is 0 Å². The van der Waals surface area contributed by atoms with Crippen molar-refractivity contribution >= 4 is 5.91 Å². The van der Waals surface area contributed by atoms with E-state index in [1.807, 2.05) is 18.7 Å². The van der Waals surface area contributed by atoms with Gasteiger partial charge >= 0.3 is 0 Å². The van der Waals surface area contributed by atoms with Gasteiger partial charge in [-0.05, 0) is 21.0 Å². The van der Waals surface area contributed by atoms with E-state index in [0.29, 0.717) is 18.4 Å². The van der Waals surface area contributed by atoms with Crippen molar-refractivity contribution in [1.82, 2.24) is 19.6 Å². The summed E-state index contributed by atoms with van der Waals surface area (Å²) in [6, 6.07) is 0.417. The molecule has 0 aromatic rings. The van der Waals surface area contributed by atoms with Gasteiger partial charge in [-0.25, -0.2) is 0 Å². The first kappa shape index (κ1) is 18.4. The van der Waals surface area contributed by atoms with E-state index in [4.69, 9.17) is 0 Å². The van der Waals surface area contributed by atoms with Crippen LogP contribution in [-0.2, 0) is 4.79 Å². The molecule has 1 atom stereocenters. The van der Waals surface area contributed by atoms with Crippen LogP contribution in [0.25, 0.3) is 0 Å². The normalized spacial score (nSPS) is 24.4. The van der Waals surface area contributed by atoms with E-state index in [2.05, 4.69) is 35.7 Å². The van der Waals surface area contributed by atoms with Gasteiger partial charge in [0, 0.05) is 64.8 Å². The van der Waals surface area contributed by atoms with Crippen molar-refractivity contribution in [2.24, 2.45) is 0 Å². The van der Waals surface area contributed by atoms with E-state index >= 15 is 0 Å². The zero-order valence-electron chi connectivity index (χ0n) is 14.6. The molecule has 0 aromatic heterocycles. The van der Waals surface area contributed by atoms with Crippen LogP contribution in [0.5, 0.6) is 0 Å².